The molecule has 12 nitrogen and oxygen atoms in total. The van der Waals surface area contributed by atoms with E-state index in [1.165, 1.54) is 24.3 Å². The molecular formula is C36H30F6N6O6S3. The van der Waals surface area contributed by atoms with Crippen molar-refractivity contribution in [1.29, 1.82) is 0 Å². The van der Waals surface area contributed by atoms with Crippen molar-refractivity contribution >= 4 is 29.5 Å². The monoisotopic (exact) mass is 852 g/mol. The number of hydrogen-bond acceptors (Lipinski definition) is 12. The maximum Gasteiger partial charge on any atom is 0.442 e. The fourth-order valence-corrected chi connectivity index (χ4v) is 10.3. The van der Waals surface area contributed by atoms with E-state index in [1.807, 2.05) is 0 Å². The summed E-state index contributed by atoms with van der Waals surface area (Å²) in [7, 11) is -13.2. The second-order valence-corrected chi connectivity index (χ2v) is 20.2. The van der Waals surface area contributed by atoms with E-state index >= 15 is 0 Å². The van der Waals surface area contributed by atoms with E-state index in [0.717, 1.165) is 48.0 Å². The summed E-state index contributed by atoms with van der Waals surface area (Å²) in [6, 6.07) is 19.1. The molecule has 0 unspecified atom stereocenters. The molecule has 0 aliphatic carbocycles. The fraction of sp³-hybridized carbons (Fsp3) is 0.333. The molecule has 0 spiro atoms. The lowest BCUT2D eigenvalue weighted by atomic mass is 10.0. The molecule has 21 heteroatoms. The minimum atomic E-state index is -4.76. The highest BCUT2D eigenvalue weighted by Gasteiger charge is 2.66. The lowest BCUT2D eigenvalue weighted by Crippen LogP contribution is -2.30. The van der Waals surface area contributed by atoms with Gasteiger partial charge in [-0.05, 0) is 61.1 Å². The zero-order valence-electron chi connectivity index (χ0n) is 29.5. The van der Waals surface area contributed by atoms with Gasteiger partial charge in [0.2, 0.25) is 5.66 Å². The lowest BCUT2D eigenvalue weighted by Gasteiger charge is -2.15. The summed E-state index contributed by atoms with van der Waals surface area (Å²) in [5, 5.41) is 20.5. The molecule has 0 radical (unpaired) electrons. The minimum absolute atomic E-state index is 0.00889. The van der Waals surface area contributed by atoms with E-state index in [2.05, 4.69) is 30.7 Å². The predicted molar refractivity (Wildman–Crippen MR) is 190 cm³/mol. The normalized spacial score (nSPS) is 17.7. The first kappa shape index (κ1) is 40.3. The second kappa shape index (κ2) is 13.6. The van der Waals surface area contributed by atoms with Crippen LogP contribution in [0.15, 0.2) is 136 Å². The van der Waals surface area contributed by atoms with Gasteiger partial charge < -0.3 is 0 Å². The van der Waals surface area contributed by atoms with Crippen LogP contribution in [0.3, 0.4) is 0 Å². The number of aryl methyl sites for hydroxylation is 3. The Morgan fingerprint density at radius 2 is 0.702 bits per heavy atom. The van der Waals surface area contributed by atoms with Crippen molar-refractivity contribution in [3.8, 4) is 0 Å². The Kier molecular flexibility index (Phi) is 9.62. The van der Waals surface area contributed by atoms with Crippen LogP contribution in [0.1, 0.15) is 40.3 Å². The molecule has 3 heterocycles. The Morgan fingerprint density at radius 3 is 0.930 bits per heavy atom. The molecule has 4 aromatic rings. The van der Waals surface area contributed by atoms with Crippen molar-refractivity contribution in [2.24, 2.45) is 30.7 Å². The van der Waals surface area contributed by atoms with Crippen molar-refractivity contribution < 1.29 is 51.6 Å². The van der Waals surface area contributed by atoms with Crippen molar-refractivity contribution in [3.05, 3.63) is 124 Å². The molecule has 0 atom stereocenters. The molecule has 0 bridgehead atoms. The lowest BCUT2D eigenvalue weighted by molar-refractivity contribution is -0.166. The summed E-state index contributed by atoms with van der Waals surface area (Å²) in [5.41, 5.74) is -4.45. The van der Waals surface area contributed by atoms with Crippen LogP contribution in [0.25, 0.3) is 0 Å². The third kappa shape index (κ3) is 8.00. The minimum Gasteiger partial charge on any atom is -0.224 e. The Bertz CT molecular complexity index is 2520. The molecule has 4 aromatic carbocycles. The van der Waals surface area contributed by atoms with Crippen LogP contribution < -0.4 is 0 Å². The highest BCUT2D eigenvalue weighted by Crippen LogP contribution is 2.53. The van der Waals surface area contributed by atoms with Gasteiger partial charge in [0.25, 0.3) is 0 Å². The molecule has 7 rings (SSSR count). The van der Waals surface area contributed by atoms with Crippen molar-refractivity contribution in [2.75, 3.05) is 17.3 Å². The molecule has 3 aliphatic heterocycles. The first-order chi connectivity index (χ1) is 26.5. The molecule has 0 fully saturated rings. The zero-order valence-corrected chi connectivity index (χ0v) is 32.0. The van der Waals surface area contributed by atoms with E-state index in [1.54, 1.807) is 31.2 Å². The van der Waals surface area contributed by atoms with Crippen LogP contribution in [-0.2, 0) is 65.8 Å². The first-order valence-electron chi connectivity index (χ1n) is 17.1. The number of halogens is 6. The number of rotatable bonds is 15. The highest BCUT2D eigenvalue weighted by molar-refractivity contribution is 7.93. The van der Waals surface area contributed by atoms with Crippen molar-refractivity contribution in [1.82, 2.24) is 0 Å². The molecule has 57 heavy (non-hydrogen) atoms. The van der Waals surface area contributed by atoms with Gasteiger partial charge in [-0.25, -0.2) is 25.3 Å². The van der Waals surface area contributed by atoms with Crippen LogP contribution in [-0.4, -0.2) is 54.9 Å². The van der Waals surface area contributed by atoms with E-state index in [-0.39, 0.29) is 30.4 Å². The van der Waals surface area contributed by atoms with E-state index in [0.29, 0.717) is 16.7 Å². The van der Waals surface area contributed by atoms with Crippen molar-refractivity contribution in [2.45, 2.75) is 70.2 Å². The molecule has 0 saturated heterocycles. The van der Waals surface area contributed by atoms with Gasteiger partial charge in [0.05, 0.1) is 31.9 Å². The van der Waals surface area contributed by atoms with Crippen molar-refractivity contribution in [3.63, 3.8) is 0 Å². The fourth-order valence-electron chi connectivity index (χ4n) is 6.06. The molecular weight excluding hydrogens is 823 g/mol. The van der Waals surface area contributed by atoms with E-state index in [4.69, 9.17) is 0 Å². The largest absolute Gasteiger partial charge is 0.442 e. The molecule has 300 valence electrons. The number of sulfone groups is 3. The smallest absolute Gasteiger partial charge is 0.224 e. The van der Waals surface area contributed by atoms with Crippen LogP contribution in [0.2, 0.25) is 0 Å². The average Bonchev–Trinajstić information content (AvgIpc) is 4.03. The second-order valence-electron chi connectivity index (χ2n) is 13.9. The van der Waals surface area contributed by atoms with Gasteiger partial charge in [-0.3, -0.25) is 0 Å². The molecule has 0 N–H and O–H groups in total. The van der Waals surface area contributed by atoms with Crippen LogP contribution in [0, 0.1) is 0 Å². The van der Waals surface area contributed by atoms with E-state index in [9.17, 15) is 51.6 Å². The van der Waals surface area contributed by atoms with Gasteiger partial charge in [-0.1, -0.05) is 72.8 Å². The number of hydrogen-bond donors (Lipinski definition) is 0. The Hall–Kier alpha value is -4.89. The van der Waals surface area contributed by atoms with Crippen LogP contribution in [0.5, 0.6) is 0 Å². The standard InChI is InChI=1S/C36H30F6N6O6S3/c1-32(43-44-32)26-8-2-23(3-9-26)14-17-55(49,50)29-20-30(56(51,52)18-15-24-4-10-27(11-5-24)33(45-46-33)35(37,38)39)22-31(21-29)57(53,54)19-16-25-6-12-28(13-7-25)34(47-48-34)36(40,41)42/h2-13,20-22H,14-19H2,1H3. The topological polar surface area (TPSA) is 177 Å². The summed E-state index contributed by atoms with van der Waals surface area (Å²) in [6.45, 7) is 1.80. The van der Waals surface area contributed by atoms with Gasteiger partial charge in [-0.2, -0.15) is 36.6 Å². The van der Waals surface area contributed by atoms with Gasteiger partial charge in [-0.15, -0.1) is 20.5 Å². The Labute approximate surface area is 322 Å². The molecule has 0 saturated carbocycles. The number of nitrogens with zero attached hydrogens (tertiary/aromatic N) is 6. The quantitative estimate of drug-likeness (QED) is 0.111. The number of benzene rings is 4. The maximum absolute atomic E-state index is 13.7. The first-order valence-corrected chi connectivity index (χ1v) is 22.0. The third-order valence-electron chi connectivity index (χ3n) is 9.91. The zero-order chi connectivity index (χ0) is 41.3. The summed E-state index contributed by atoms with van der Waals surface area (Å²) >= 11 is 0. The third-order valence-corrected chi connectivity index (χ3v) is 15.0. The van der Waals surface area contributed by atoms with Gasteiger partial charge >= 0.3 is 23.7 Å². The van der Waals surface area contributed by atoms with Crippen LogP contribution in [0.4, 0.5) is 26.3 Å². The maximum atomic E-state index is 13.7. The molecule has 3 aliphatic rings. The predicted octanol–water partition coefficient (Wildman–Crippen LogP) is 7.74. The highest BCUT2D eigenvalue weighted by atomic mass is 32.2. The molecule has 0 aromatic heterocycles. The van der Waals surface area contributed by atoms with Gasteiger partial charge in [0.1, 0.15) is 0 Å². The van der Waals surface area contributed by atoms with Gasteiger partial charge in [0.15, 0.2) is 29.5 Å². The average molecular weight is 853 g/mol. The summed E-state index contributed by atoms with van der Waals surface area (Å²) in [4.78, 5) is -1.79. The Morgan fingerprint density at radius 1 is 0.439 bits per heavy atom. The Balaban J connectivity index is 1.12. The van der Waals surface area contributed by atoms with Crippen LogP contribution >= 0.6 is 0 Å². The summed E-state index contributed by atoms with van der Waals surface area (Å²) < 4.78 is 163. The molecule has 0 amide bonds. The number of alkyl halides is 6. The van der Waals surface area contributed by atoms with Gasteiger partial charge in [0, 0.05) is 16.7 Å². The van der Waals surface area contributed by atoms with E-state index < -0.39 is 90.8 Å². The summed E-state index contributed by atoms with van der Waals surface area (Å²) in [5.74, 6) is -1.85. The summed E-state index contributed by atoms with van der Waals surface area (Å²) in [6.07, 6.45) is -9.98. The SMILES string of the molecule is CC1(c2ccc(CCS(=O)(=O)c3cc(S(=O)(=O)CCc4ccc(C5(C(F)(F)F)N=N5)cc4)cc(S(=O)(=O)CCc4ccc(C5(C(F)(F)F)N=N5)cc4)c3)cc2)N=N1.